The van der Waals surface area contributed by atoms with Crippen LogP contribution in [-0.4, -0.2) is 29.4 Å². The van der Waals surface area contributed by atoms with Crippen molar-refractivity contribution in [3.05, 3.63) is 57.9 Å². The predicted octanol–water partition coefficient (Wildman–Crippen LogP) is 5.13. The van der Waals surface area contributed by atoms with Crippen molar-refractivity contribution < 1.29 is 14.3 Å². The number of rotatable bonds is 6. The summed E-state index contributed by atoms with van der Waals surface area (Å²) in [5.74, 6) is 0.0876. The molecule has 2 aromatic carbocycles. The van der Waals surface area contributed by atoms with Crippen LogP contribution >= 0.6 is 11.3 Å². The van der Waals surface area contributed by atoms with Crippen LogP contribution in [0.15, 0.2) is 41.8 Å². The molecule has 4 rings (SSSR count). The number of fused-ring (bicyclic) bond motifs is 1. The summed E-state index contributed by atoms with van der Waals surface area (Å²) in [6.07, 6.45) is 1.33. The maximum absolute atomic E-state index is 12.9. The van der Waals surface area contributed by atoms with E-state index >= 15 is 0 Å². The Morgan fingerprint density at radius 2 is 2.00 bits per heavy atom. The van der Waals surface area contributed by atoms with Crippen LogP contribution in [-0.2, 0) is 16.0 Å². The van der Waals surface area contributed by atoms with Gasteiger partial charge in [-0.25, -0.2) is 4.98 Å². The van der Waals surface area contributed by atoms with Crippen molar-refractivity contribution in [1.29, 1.82) is 0 Å². The number of aryl methyl sites for hydroxylation is 3. The van der Waals surface area contributed by atoms with Crippen LogP contribution in [0.1, 0.15) is 36.4 Å². The largest absolute Gasteiger partial charge is 0.479 e. The summed E-state index contributed by atoms with van der Waals surface area (Å²) < 4.78 is 5.80. The Balaban J connectivity index is 1.60. The number of hydrogen-bond acceptors (Lipinski definition) is 5. The molecule has 2 heterocycles. The molecule has 1 aromatic heterocycles. The fourth-order valence-corrected chi connectivity index (χ4v) is 4.57. The topological polar surface area (TPSA) is 71.5 Å². The summed E-state index contributed by atoms with van der Waals surface area (Å²) in [5, 5.41) is 6.02. The number of aromatic nitrogens is 1. The van der Waals surface area contributed by atoms with Gasteiger partial charge in [-0.15, -0.1) is 11.3 Å². The molecule has 7 heteroatoms. The number of ether oxygens (including phenoxy) is 1. The molecule has 0 radical (unpaired) electrons. The van der Waals surface area contributed by atoms with Crippen molar-refractivity contribution in [2.45, 2.75) is 46.6 Å². The lowest BCUT2D eigenvalue weighted by atomic mass is 10.1. The Bertz CT molecular complexity index is 1170. The number of carbonyl (C=O) groups excluding carboxylic acids is 2. The van der Waals surface area contributed by atoms with Crippen LogP contribution < -0.4 is 15.0 Å². The number of hydrogen-bond donors (Lipinski definition) is 1. The van der Waals surface area contributed by atoms with Crippen molar-refractivity contribution in [2.75, 3.05) is 16.8 Å². The molecule has 166 valence electrons. The molecule has 3 aromatic rings. The van der Waals surface area contributed by atoms with Crippen molar-refractivity contribution >= 4 is 34.5 Å². The van der Waals surface area contributed by atoms with E-state index in [0.29, 0.717) is 17.1 Å². The lowest BCUT2D eigenvalue weighted by molar-refractivity contribution is -0.127. The zero-order chi connectivity index (χ0) is 22.8. The minimum atomic E-state index is -0.654. The normalized spacial score (nSPS) is 15.3. The van der Waals surface area contributed by atoms with Gasteiger partial charge in [0.05, 0.1) is 16.4 Å². The van der Waals surface area contributed by atoms with Crippen LogP contribution in [0.3, 0.4) is 0 Å². The minimum Gasteiger partial charge on any atom is -0.479 e. The summed E-state index contributed by atoms with van der Waals surface area (Å²) in [7, 11) is 0. The van der Waals surface area contributed by atoms with Gasteiger partial charge in [0.2, 0.25) is 5.91 Å². The first-order valence-corrected chi connectivity index (χ1v) is 11.7. The van der Waals surface area contributed by atoms with Gasteiger partial charge in [-0.1, -0.05) is 13.0 Å². The zero-order valence-corrected chi connectivity index (χ0v) is 19.6. The lowest BCUT2D eigenvalue weighted by Gasteiger charge is -2.32. The molecular formula is C25H27N3O3S. The fraction of sp³-hybridized carbons (Fsp3) is 0.320. The summed E-state index contributed by atoms with van der Waals surface area (Å²) in [5.41, 5.74) is 5.32. The molecule has 1 aliphatic heterocycles. The van der Waals surface area contributed by atoms with E-state index in [1.807, 2.05) is 55.6 Å². The minimum absolute atomic E-state index is 0.0892. The Labute approximate surface area is 192 Å². The molecule has 6 nitrogen and oxygen atoms in total. The third-order valence-corrected chi connectivity index (χ3v) is 6.48. The number of thiazole rings is 1. The van der Waals surface area contributed by atoms with E-state index in [9.17, 15) is 9.59 Å². The molecule has 1 unspecified atom stereocenters. The average molecular weight is 450 g/mol. The first-order valence-electron chi connectivity index (χ1n) is 10.8. The number of anilines is 2. The van der Waals surface area contributed by atoms with Crippen molar-refractivity contribution in [2.24, 2.45) is 0 Å². The molecule has 1 aliphatic rings. The summed E-state index contributed by atoms with van der Waals surface area (Å²) in [6, 6.07) is 11.4. The maximum Gasteiger partial charge on any atom is 0.268 e. The summed E-state index contributed by atoms with van der Waals surface area (Å²) in [6.45, 7) is 7.76. The number of amides is 2. The standard InChI is InChI=1S/C25H27N3O3S/c1-5-6-24-27-20(14-32-24)18-8-10-22-21(12-18)28(25(30)17(4)31-22)13-23(29)26-19-9-7-15(2)16(3)11-19/h7-12,14,17H,5-6,13H2,1-4H3,(H,26,29). The smallest absolute Gasteiger partial charge is 0.268 e. The van der Waals surface area contributed by atoms with E-state index in [0.717, 1.165) is 40.2 Å². The number of benzene rings is 2. The number of nitrogens with zero attached hydrogens (tertiary/aromatic N) is 2. The van der Waals surface area contributed by atoms with E-state index in [4.69, 9.17) is 9.72 Å². The van der Waals surface area contributed by atoms with Gasteiger partial charge < -0.3 is 10.1 Å². The monoisotopic (exact) mass is 449 g/mol. The summed E-state index contributed by atoms with van der Waals surface area (Å²) in [4.78, 5) is 31.9. The first-order chi connectivity index (χ1) is 15.4. The van der Waals surface area contributed by atoms with Crippen molar-refractivity contribution in [3.63, 3.8) is 0 Å². The highest BCUT2D eigenvalue weighted by Gasteiger charge is 2.33. The van der Waals surface area contributed by atoms with E-state index in [1.54, 1.807) is 18.3 Å². The van der Waals surface area contributed by atoms with Crippen molar-refractivity contribution in [1.82, 2.24) is 4.98 Å². The highest BCUT2D eigenvalue weighted by atomic mass is 32.1. The van der Waals surface area contributed by atoms with Gasteiger partial charge in [0.25, 0.3) is 5.91 Å². The second-order valence-corrected chi connectivity index (χ2v) is 9.03. The van der Waals surface area contributed by atoms with Crippen LogP contribution in [0.4, 0.5) is 11.4 Å². The Morgan fingerprint density at radius 1 is 1.19 bits per heavy atom. The molecule has 0 saturated carbocycles. The third-order valence-electron chi connectivity index (χ3n) is 5.57. The van der Waals surface area contributed by atoms with E-state index in [-0.39, 0.29) is 18.4 Å². The second kappa shape index (κ2) is 9.12. The quantitative estimate of drug-likeness (QED) is 0.566. The molecular weight excluding hydrogens is 422 g/mol. The van der Waals surface area contributed by atoms with Gasteiger partial charge in [0, 0.05) is 16.6 Å². The van der Waals surface area contributed by atoms with Gasteiger partial charge in [-0.2, -0.15) is 0 Å². The fourth-order valence-electron chi connectivity index (χ4n) is 3.66. The van der Waals surface area contributed by atoms with E-state index < -0.39 is 6.10 Å². The van der Waals surface area contributed by atoms with Crippen LogP contribution in [0.2, 0.25) is 0 Å². The predicted molar refractivity (Wildman–Crippen MR) is 129 cm³/mol. The zero-order valence-electron chi connectivity index (χ0n) is 18.8. The molecule has 0 bridgehead atoms. The molecule has 1 atom stereocenters. The third kappa shape index (κ3) is 4.53. The molecule has 0 aliphatic carbocycles. The van der Waals surface area contributed by atoms with E-state index in [2.05, 4.69) is 12.2 Å². The summed E-state index contributed by atoms with van der Waals surface area (Å²) >= 11 is 1.64. The highest BCUT2D eigenvalue weighted by Crippen LogP contribution is 2.37. The Kier molecular flexibility index (Phi) is 6.28. The second-order valence-electron chi connectivity index (χ2n) is 8.09. The Morgan fingerprint density at radius 3 is 2.75 bits per heavy atom. The molecule has 0 fully saturated rings. The Hall–Kier alpha value is -3.19. The van der Waals surface area contributed by atoms with Gasteiger partial charge in [0.15, 0.2) is 6.10 Å². The highest BCUT2D eigenvalue weighted by molar-refractivity contribution is 7.09. The average Bonchev–Trinajstić information content (AvgIpc) is 3.23. The lowest BCUT2D eigenvalue weighted by Crippen LogP contribution is -2.47. The van der Waals surface area contributed by atoms with Gasteiger partial charge >= 0.3 is 0 Å². The van der Waals surface area contributed by atoms with Gasteiger partial charge in [-0.3, -0.25) is 14.5 Å². The van der Waals surface area contributed by atoms with Crippen LogP contribution in [0.5, 0.6) is 5.75 Å². The van der Waals surface area contributed by atoms with Crippen LogP contribution in [0.25, 0.3) is 11.3 Å². The number of nitrogens with one attached hydrogen (secondary N) is 1. The maximum atomic E-state index is 12.9. The molecule has 2 amide bonds. The van der Waals surface area contributed by atoms with Gasteiger partial charge in [0.1, 0.15) is 12.3 Å². The molecule has 0 spiro atoms. The molecule has 1 N–H and O–H groups in total. The molecule has 32 heavy (non-hydrogen) atoms. The first kappa shape index (κ1) is 22.0. The van der Waals surface area contributed by atoms with Gasteiger partial charge in [-0.05, 0) is 75.1 Å². The SMILES string of the molecule is CCCc1nc(-c2ccc3c(c2)N(CC(=O)Nc2ccc(C)c(C)c2)C(=O)C(C)O3)cs1. The van der Waals surface area contributed by atoms with E-state index in [1.165, 1.54) is 4.90 Å². The number of carbonyl (C=O) groups is 2. The van der Waals surface area contributed by atoms with Crippen molar-refractivity contribution in [3.8, 4) is 17.0 Å². The van der Waals surface area contributed by atoms with Crippen LogP contribution in [0, 0.1) is 13.8 Å². The molecule has 0 saturated heterocycles.